The number of carbonyl (C=O) groups is 1. The van der Waals surface area contributed by atoms with Crippen molar-refractivity contribution in [3.63, 3.8) is 0 Å². The standard InChI is InChI=1S/C9H19NO4/c1-4-9(13)14-10(5-7(2)11)6-8(3)12/h7-8,11-12H,4-6H2,1-3H3. The molecule has 0 aliphatic carbocycles. The minimum Gasteiger partial charge on any atom is -0.392 e. The smallest absolute Gasteiger partial charge is 0.324 e. The van der Waals surface area contributed by atoms with Gasteiger partial charge in [-0.2, -0.15) is 0 Å². The zero-order valence-corrected chi connectivity index (χ0v) is 8.93. The molecule has 0 aromatic heterocycles. The summed E-state index contributed by atoms with van der Waals surface area (Å²) in [6.45, 7) is 5.28. The molecule has 2 N–H and O–H groups in total. The van der Waals surface area contributed by atoms with E-state index in [0.29, 0.717) is 0 Å². The molecule has 0 aromatic carbocycles. The third-order valence-corrected chi connectivity index (χ3v) is 1.46. The summed E-state index contributed by atoms with van der Waals surface area (Å²) in [6, 6.07) is 0. The average molecular weight is 205 g/mol. The highest BCUT2D eigenvalue weighted by molar-refractivity contribution is 5.68. The number of aliphatic hydroxyl groups is 2. The number of carbonyl (C=O) groups excluding carboxylic acids is 1. The van der Waals surface area contributed by atoms with Crippen molar-refractivity contribution in [3.8, 4) is 0 Å². The molecule has 0 fully saturated rings. The molecule has 0 radical (unpaired) electrons. The molecule has 0 spiro atoms. The lowest BCUT2D eigenvalue weighted by atomic mass is 10.3. The van der Waals surface area contributed by atoms with E-state index in [1.165, 1.54) is 5.06 Å². The molecular weight excluding hydrogens is 186 g/mol. The minimum atomic E-state index is -0.599. The maximum absolute atomic E-state index is 11.0. The quantitative estimate of drug-likeness (QED) is 0.593. The molecule has 2 atom stereocenters. The lowest BCUT2D eigenvalue weighted by Gasteiger charge is -2.23. The molecule has 0 aliphatic rings. The maximum Gasteiger partial charge on any atom is 0.324 e. The van der Waals surface area contributed by atoms with Gasteiger partial charge in [0.15, 0.2) is 0 Å². The predicted molar refractivity (Wildman–Crippen MR) is 51.3 cm³/mol. The molecule has 84 valence electrons. The van der Waals surface area contributed by atoms with Gasteiger partial charge in [0.1, 0.15) is 0 Å². The van der Waals surface area contributed by atoms with Gasteiger partial charge in [-0.3, -0.25) is 4.79 Å². The summed E-state index contributed by atoms with van der Waals surface area (Å²) < 4.78 is 0. The van der Waals surface area contributed by atoms with Crippen LogP contribution in [-0.2, 0) is 9.63 Å². The Hall–Kier alpha value is -0.650. The first-order valence-corrected chi connectivity index (χ1v) is 4.77. The molecular formula is C9H19NO4. The van der Waals surface area contributed by atoms with Crippen LogP contribution in [0, 0.1) is 0 Å². The Kier molecular flexibility index (Phi) is 6.44. The summed E-state index contributed by atoms with van der Waals surface area (Å²) in [4.78, 5) is 15.9. The van der Waals surface area contributed by atoms with Gasteiger partial charge in [-0.15, -0.1) is 5.06 Å². The Bertz CT molecular complexity index is 160. The summed E-state index contributed by atoms with van der Waals surface area (Å²) in [5, 5.41) is 19.5. The Balaban J connectivity index is 4.03. The Morgan fingerprint density at radius 2 is 1.71 bits per heavy atom. The molecule has 14 heavy (non-hydrogen) atoms. The Morgan fingerprint density at radius 3 is 2.00 bits per heavy atom. The lowest BCUT2D eigenvalue weighted by molar-refractivity contribution is -0.199. The molecule has 0 aromatic rings. The fourth-order valence-electron chi connectivity index (χ4n) is 0.947. The van der Waals surface area contributed by atoms with Crippen molar-refractivity contribution in [2.24, 2.45) is 0 Å². The highest BCUT2D eigenvalue weighted by Crippen LogP contribution is 1.99. The number of hydroxylamine groups is 2. The van der Waals surface area contributed by atoms with Crippen molar-refractivity contribution >= 4 is 5.97 Å². The highest BCUT2D eigenvalue weighted by atomic mass is 16.7. The summed E-state index contributed by atoms with van der Waals surface area (Å²) in [5.74, 6) is -0.369. The normalized spacial score (nSPS) is 15.3. The van der Waals surface area contributed by atoms with Crippen LogP contribution >= 0.6 is 0 Å². The van der Waals surface area contributed by atoms with Crippen molar-refractivity contribution in [1.82, 2.24) is 5.06 Å². The van der Waals surface area contributed by atoms with E-state index in [-0.39, 0.29) is 25.5 Å². The summed E-state index contributed by atoms with van der Waals surface area (Å²) in [7, 11) is 0. The van der Waals surface area contributed by atoms with Crippen molar-refractivity contribution in [2.45, 2.75) is 39.4 Å². The molecule has 0 aliphatic heterocycles. The number of nitrogens with zero attached hydrogens (tertiary/aromatic N) is 1. The molecule has 0 amide bonds. The van der Waals surface area contributed by atoms with Gasteiger partial charge < -0.3 is 15.1 Å². The van der Waals surface area contributed by atoms with Gasteiger partial charge in [0.2, 0.25) is 0 Å². The third-order valence-electron chi connectivity index (χ3n) is 1.46. The largest absolute Gasteiger partial charge is 0.392 e. The molecule has 5 nitrogen and oxygen atoms in total. The van der Waals surface area contributed by atoms with Crippen LogP contribution in [0.25, 0.3) is 0 Å². The number of rotatable bonds is 6. The van der Waals surface area contributed by atoms with E-state index in [2.05, 4.69) is 0 Å². The first kappa shape index (κ1) is 13.4. The van der Waals surface area contributed by atoms with Gasteiger partial charge in [-0.05, 0) is 13.8 Å². The second kappa shape index (κ2) is 6.75. The van der Waals surface area contributed by atoms with E-state index in [9.17, 15) is 4.79 Å². The van der Waals surface area contributed by atoms with Crippen LogP contribution in [0.3, 0.4) is 0 Å². The molecule has 0 rings (SSSR count). The summed E-state index contributed by atoms with van der Waals surface area (Å²) >= 11 is 0. The zero-order chi connectivity index (χ0) is 11.1. The fraction of sp³-hybridized carbons (Fsp3) is 0.889. The monoisotopic (exact) mass is 205 g/mol. The van der Waals surface area contributed by atoms with Gasteiger partial charge in [-0.1, -0.05) is 6.92 Å². The van der Waals surface area contributed by atoms with Gasteiger partial charge in [-0.25, -0.2) is 0 Å². The lowest BCUT2D eigenvalue weighted by Crippen LogP contribution is -2.37. The predicted octanol–water partition coefficient (Wildman–Crippen LogP) is -0.0818. The number of aliphatic hydroxyl groups excluding tert-OH is 2. The Labute approximate surface area is 84.2 Å². The van der Waals surface area contributed by atoms with Crippen molar-refractivity contribution in [3.05, 3.63) is 0 Å². The van der Waals surface area contributed by atoms with E-state index in [1.54, 1.807) is 20.8 Å². The maximum atomic E-state index is 11.0. The number of hydrogen-bond acceptors (Lipinski definition) is 5. The van der Waals surface area contributed by atoms with Crippen LogP contribution in [0.5, 0.6) is 0 Å². The molecule has 0 bridgehead atoms. The van der Waals surface area contributed by atoms with Crippen LogP contribution in [-0.4, -0.2) is 46.5 Å². The van der Waals surface area contributed by atoms with Crippen molar-refractivity contribution in [1.29, 1.82) is 0 Å². The first-order chi connectivity index (χ1) is 6.45. The second-order valence-corrected chi connectivity index (χ2v) is 3.36. The topological polar surface area (TPSA) is 70.0 Å². The van der Waals surface area contributed by atoms with E-state index < -0.39 is 12.2 Å². The van der Waals surface area contributed by atoms with Gasteiger partial charge >= 0.3 is 5.97 Å². The van der Waals surface area contributed by atoms with Crippen LogP contribution in [0.4, 0.5) is 0 Å². The zero-order valence-electron chi connectivity index (χ0n) is 8.93. The number of hydrogen-bond donors (Lipinski definition) is 2. The molecule has 5 heteroatoms. The van der Waals surface area contributed by atoms with E-state index >= 15 is 0 Å². The van der Waals surface area contributed by atoms with Crippen LogP contribution < -0.4 is 0 Å². The SMILES string of the molecule is CCC(=O)ON(CC(C)O)CC(C)O. The first-order valence-electron chi connectivity index (χ1n) is 4.77. The van der Waals surface area contributed by atoms with Crippen molar-refractivity contribution in [2.75, 3.05) is 13.1 Å². The molecule has 0 saturated heterocycles. The summed E-state index contributed by atoms with van der Waals surface area (Å²) in [5.41, 5.74) is 0. The highest BCUT2D eigenvalue weighted by Gasteiger charge is 2.14. The van der Waals surface area contributed by atoms with E-state index in [4.69, 9.17) is 15.1 Å². The second-order valence-electron chi connectivity index (χ2n) is 3.36. The third kappa shape index (κ3) is 6.82. The summed E-state index contributed by atoms with van der Waals surface area (Å²) in [6.07, 6.45) is -0.923. The Morgan fingerprint density at radius 1 is 1.29 bits per heavy atom. The van der Waals surface area contributed by atoms with Gasteiger partial charge in [0, 0.05) is 6.42 Å². The van der Waals surface area contributed by atoms with Crippen LogP contribution in [0.15, 0.2) is 0 Å². The fourth-order valence-corrected chi connectivity index (χ4v) is 0.947. The van der Waals surface area contributed by atoms with Crippen LogP contribution in [0.2, 0.25) is 0 Å². The molecule has 2 unspecified atom stereocenters. The minimum absolute atomic E-state index is 0.205. The molecule has 0 heterocycles. The molecule has 0 saturated carbocycles. The van der Waals surface area contributed by atoms with Gasteiger partial charge in [0.05, 0.1) is 25.3 Å². The average Bonchev–Trinajstić information content (AvgIpc) is 2.01. The van der Waals surface area contributed by atoms with E-state index in [0.717, 1.165) is 0 Å². The van der Waals surface area contributed by atoms with Crippen LogP contribution in [0.1, 0.15) is 27.2 Å². The van der Waals surface area contributed by atoms with Gasteiger partial charge in [0.25, 0.3) is 0 Å². The van der Waals surface area contributed by atoms with Crippen molar-refractivity contribution < 1.29 is 19.8 Å². The van der Waals surface area contributed by atoms with E-state index in [1.807, 2.05) is 0 Å².